The van der Waals surface area contributed by atoms with E-state index in [1.807, 2.05) is 17.9 Å². The molecule has 1 amide bonds. The Kier molecular flexibility index (Phi) is 7.56. The number of ether oxygens (including phenoxy) is 2. The van der Waals surface area contributed by atoms with Crippen molar-refractivity contribution in [3.05, 3.63) is 23.8 Å². The molecule has 1 atom stereocenters. The lowest BCUT2D eigenvalue weighted by Crippen LogP contribution is -2.44. The lowest BCUT2D eigenvalue weighted by molar-refractivity contribution is -0.137. The molecule has 2 rings (SSSR count). The molecule has 1 fully saturated rings. The third-order valence-corrected chi connectivity index (χ3v) is 4.86. The van der Waals surface area contributed by atoms with Crippen LogP contribution in [0.25, 0.3) is 0 Å². The standard InChI is InChI=1S/C20H32N2O3/c1-5-22(6-2)20(23)17-9-8-12-21(15-17)14-16-10-11-18(24-4)19(13-16)25-7-3/h10-11,13,17H,5-9,12,14-15H2,1-4H3/t17-/m0/s1. The maximum atomic E-state index is 12.6. The van der Waals surface area contributed by atoms with E-state index < -0.39 is 0 Å². The highest BCUT2D eigenvalue weighted by molar-refractivity contribution is 5.79. The van der Waals surface area contributed by atoms with Gasteiger partial charge >= 0.3 is 0 Å². The third-order valence-electron chi connectivity index (χ3n) is 4.86. The van der Waals surface area contributed by atoms with Crippen molar-refractivity contribution < 1.29 is 14.3 Å². The fourth-order valence-electron chi connectivity index (χ4n) is 3.54. The first kappa shape index (κ1) is 19.6. The number of carbonyl (C=O) groups excluding carboxylic acids is 1. The van der Waals surface area contributed by atoms with Crippen LogP contribution in [-0.2, 0) is 11.3 Å². The number of amides is 1. The van der Waals surface area contributed by atoms with Crippen LogP contribution < -0.4 is 9.47 Å². The minimum Gasteiger partial charge on any atom is -0.493 e. The molecule has 25 heavy (non-hydrogen) atoms. The van der Waals surface area contributed by atoms with E-state index >= 15 is 0 Å². The summed E-state index contributed by atoms with van der Waals surface area (Å²) in [5, 5.41) is 0. The van der Waals surface area contributed by atoms with Crippen molar-refractivity contribution in [2.45, 2.75) is 40.2 Å². The lowest BCUT2D eigenvalue weighted by Gasteiger charge is -2.34. The fraction of sp³-hybridized carbons (Fsp3) is 0.650. The molecule has 1 aliphatic heterocycles. The normalized spacial score (nSPS) is 18.0. The van der Waals surface area contributed by atoms with Crippen molar-refractivity contribution in [3.63, 3.8) is 0 Å². The smallest absolute Gasteiger partial charge is 0.226 e. The van der Waals surface area contributed by atoms with Gasteiger partial charge in [0.25, 0.3) is 0 Å². The van der Waals surface area contributed by atoms with Crippen LogP contribution in [0.3, 0.4) is 0 Å². The Morgan fingerprint density at radius 3 is 2.64 bits per heavy atom. The van der Waals surface area contributed by atoms with Crippen LogP contribution in [0.2, 0.25) is 0 Å². The van der Waals surface area contributed by atoms with Crippen LogP contribution in [-0.4, -0.2) is 55.6 Å². The van der Waals surface area contributed by atoms with Crippen LogP contribution in [0.1, 0.15) is 39.2 Å². The summed E-state index contributed by atoms with van der Waals surface area (Å²) >= 11 is 0. The van der Waals surface area contributed by atoms with E-state index in [0.717, 1.165) is 57.1 Å². The monoisotopic (exact) mass is 348 g/mol. The number of likely N-dealkylation sites (tertiary alicyclic amines) is 1. The van der Waals surface area contributed by atoms with Gasteiger partial charge in [0, 0.05) is 26.2 Å². The summed E-state index contributed by atoms with van der Waals surface area (Å²) < 4.78 is 11.0. The Labute approximate surface area is 151 Å². The van der Waals surface area contributed by atoms with E-state index in [4.69, 9.17) is 9.47 Å². The molecule has 0 saturated carbocycles. The number of hydrogen-bond donors (Lipinski definition) is 0. The molecule has 1 heterocycles. The van der Waals surface area contributed by atoms with Crippen molar-refractivity contribution in [1.82, 2.24) is 9.80 Å². The molecule has 1 saturated heterocycles. The second-order valence-electron chi connectivity index (χ2n) is 6.50. The molecular weight excluding hydrogens is 316 g/mol. The zero-order chi connectivity index (χ0) is 18.2. The molecule has 0 aliphatic carbocycles. The Balaban J connectivity index is 2.02. The van der Waals surface area contributed by atoms with Crippen molar-refractivity contribution in [2.75, 3.05) is 39.9 Å². The first-order valence-electron chi connectivity index (χ1n) is 9.43. The van der Waals surface area contributed by atoms with Gasteiger partial charge in [-0.2, -0.15) is 0 Å². The third kappa shape index (κ3) is 5.11. The van der Waals surface area contributed by atoms with Crippen molar-refractivity contribution >= 4 is 5.91 Å². The number of nitrogens with zero attached hydrogens (tertiary/aromatic N) is 2. The Hall–Kier alpha value is -1.75. The van der Waals surface area contributed by atoms with E-state index in [1.54, 1.807) is 7.11 Å². The molecule has 1 aliphatic rings. The summed E-state index contributed by atoms with van der Waals surface area (Å²) in [6, 6.07) is 6.10. The van der Waals surface area contributed by atoms with Crippen LogP contribution in [0.5, 0.6) is 11.5 Å². The highest BCUT2D eigenvalue weighted by Crippen LogP contribution is 2.29. The minimum absolute atomic E-state index is 0.123. The van der Waals surface area contributed by atoms with E-state index in [9.17, 15) is 4.79 Å². The zero-order valence-electron chi connectivity index (χ0n) is 16.1. The maximum Gasteiger partial charge on any atom is 0.226 e. The van der Waals surface area contributed by atoms with Gasteiger partial charge in [0.05, 0.1) is 19.6 Å². The number of benzene rings is 1. The largest absolute Gasteiger partial charge is 0.493 e. The molecule has 1 aromatic carbocycles. The number of carbonyl (C=O) groups is 1. The molecule has 0 radical (unpaired) electrons. The van der Waals surface area contributed by atoms with Crippen LogP contribution in [0.15, 0.2) is 18.2 Å². The maximum absolute atomic E-state index is 12.6. The molecule has 5 nitrogen and oxygen atoms in total. The fourth-order valence-corrected chi connectivity index (χ4v) is 3.54. The quantitative estimate of drug-likeness (QED) is 0.724. The Bertz CT molecular complexity index is 558. The number of methoxy groups -OCH3 is 1. The summed E-state index contributed by atoms with van der Waals surface area (Å²) in [7, 11) is 1.66. The summed E-state index contributed by atoms with van der Waals surface area (Å²) in [6.07, 6.45) is 2.07. The Morgan fingerprint density at radius 1 is 1.24 bits per heavy atom. The molecule has 0 N–H and O–H groups in total. The summed E-state index contributed by atoms with van der Waals surface area (Å²) in [6.45, 7) is 11.0. The van der Waals surface area contributed by atoms with Gasteiger partial charge in [0.15, 0.2) is 11.5 Å². The van der Waals surface area contributed by atoms with E-state index in [0.29, 0.717) is 12.5 Å². The Morgan fingerprint density at radius 2 is 2.00 bits per heavy atom. The van der Waals surface area contributed by atoms with Crippen LogP contribution in [0.4, 0.5) is 0 Å². The van der Waals surface area contributed by atoms with Gasteiger partial charge in [-0.1, -0.05) is 6.07 Å². The number of piperidine rings is 1. The van der Waals surface area contributed by atoms with Gasteiger partial charge in [-0.3, -0.25) is 9.69 Å². The van der Waals surface area contributed by atoms with Crippen molar-refractivity contribution in [1.29, 1.82) is 0 Å². The minimum atomic E-state index is 0.123. The molecule has 140 valence electrons. The SMILES string of the molecule is CCOc1cc(CN2CCC[C@H](C(=O)N(CC)CC)C2)ccc1OC. The topological polar surface area (TPSA) is 42.0 Å². The summed E-state index contributed by atoms with van der Waals surface area (Å²) in [4.78, 5) is 17.0. The van der Waals surface area contributed by atoms with Gasteiger partial charge in [-0.25, -0.2) is 0 Å². The molecular formula is C20H32N2O3. The average Bonchev–Trinajstić information content (AvgIpc) is 2.63. The van der Waals surface area contributed by atoms with Crippen molar-refractivity contribution in [3.8, 4) is 11.5 Å². The van der Waals surface area contributed by atoms with E-state index in [2.05, 4.69) is 30.9 Å². The summed E-state index contributed by atoms with van der Waals surface area (Å²) in [5.41, 5.74) is 1.19. The predicted molar refractivity (Wildman–Crippen MR) is 100 cm³/mol. The highest BCUT2D eigenvalue weighted by atomic mass is 16.5. The summed E-state index contributed by atoms with van der Waals surface area (Å²) in [5.74, 6) is 1.98. The second kappa shape index (κ2) is 9.66. The average molecular weight is 348 g/mol. The zero-order valence-corrected chi connectivity index (χ0v) is 16.1. The predicted octanol–water partition coefficient (Wildman–Crippen LogP) is 3.17. The van der Waals surface area contributed by atoms with Gasteiger partial charge in [0.2, 0.25) is 5.91 Å². The molecule has 5 heteroatoms. The van der Waals surface area contributed by atoms with Crippen LogP contribution >= 0.6 is 0 Å². The highest BCUT2D eigenvalue weighted by Gasteiger charge is 2.28. The van der Waals surface area contributed by atoms with E-state index in [1.165, 1.54) is 5.56 Å². The lowest BCUT2D eigenvalue weighted by atomic mass is 9.96. The van der Waals surface area contributed by atoms with Gasteiger partial charge < -0.3 is 14.4 Å². The van der Waals surface area contributed by atoms with Gasteiger partial charge in [-0.05, 0) is 57.9 Å². The van der Waals surface area contributed by atoms with Crippen molar-refractivity contribution in [2.24, 2.45) is 5.92 Å². The first-order valence-corrected chi connectivity index (χ1v) is 9.43. The van der Waals surface area contributed by atoms with Gasteiger partial charge in [0.1, 0.15) is 0 Å². The molecule has 0 bridgehead atoms. The molecule has 0 unspecified atom stereocenters. The van der Waals surface area contributed by atoms with Gasteiger partial charge in [-0.15, -0.1) is 0 Å². The second-order valence-corrected chi connectivity index (χ2v) is 6.50. The molecule has 0 aromatic heterocycles. The molecule has 0 spiro atoms. The van der Waals surface area contributed by atoms with Crippen LogP contribution in [0, 0.1) is 5.92 Å². The molecule has 1 aromatic rings. The number of hydrogen-bond acceptors (Lipinski definition) is 4. The van der Waals surface area contributed by atoms with E-state index in [-0.39, 0.29) is 5.92 Å². The number of rotatable bonds is 8. The first-order chi connectivity index (χ1) is 12.1.